The molecule has 1 N–H and O–H groups in total. The van der Waals surface area contributed by atoms with Gasteiger partial charge in [0.05, 0.1) is 23.5 Å². The molecule has 3 saturated carbocycles. The molecule has 3 aliphatic rings. The summed E-state index contributed by atoms with van der Waals surface area (Å²) in [5, 5.41) is 7.41. The molecule has 7 heteroatoms. The lowest BCUT2D eigenvalue weighted by molar-refractivity contribution is 0.0203. The van der Waals surface area contributed by atoms with Gasteiger partial charge in [-0.3, -0.25) is 5.10 Å². The molecule has 0 radical (unpaired) electrons. The van der Waals surface area contributed by atoms with Crippen LogP contribution in [-0.2, 0) is 6.42 Å². The lowest BCUT2D eigenvalue weighted by atomic mass is 9.57. The number of nitrogens with zero attached hydrogens (tertiary/aromatic N) is 4. The number of rotatable bonds is 4. The van der Waals surface area contributed by atoms with Crippen LogP contribution in [0.2, 0.25) is 0 Å². The molecule has 3 fully saturated rings. The third kappa shape index (κ3) is 2.88. The predicted octanol–water partition coefficient (Wildman–Crippen LogP) is 4.70. The monoisotopic (exact) mass is 383 g/mol. The van der Waals surface area contributed by atoms with Crippen molar-refractivity contribution in [2.45, 2.75) is 45.4 Å². The van der Waals surface area contributed by atoms with Gasteiger partial charge in [0.15, 0.2) is 17.3 Å². The molecular formula is C21H23F2N5. The predicted molar refractivity (Wildman–Crippen MR) is 101 cm³/mol. The van der Waals surface area contributed by atoms with Crippen molar-refractivity contribution in [3.05, 3.63) is 35.8 Å². The van der Waals surface area contributed by atoms with Crippen LogP contribution in [-0.4, -0.2) is 25.1 Å². The van der Waals surface area contributed by atoms with Crippen molar-refractivity contribution >= 4 is 11.0 Å². The summed E-state index contributed by atoms with van der Waals surface area (Å²) in [5.74, 6) is 2.08. The summed E-state index contributed by atoms with van der Waals surface area (Å²) in [5.41, 5.74) is 1.31. The number of aromatic amines is 1. The van der Waals surface area contributed by atoms with E-state index in [1.165, 1.54) is 37.9 Å². The van der Waals surface area contributed by atoms with Gasteiger partial charge in [-0.05, 0) is 61.8 Å². The number of halogens is 2. The Morgan fingerprint density at radius 2 is 1.79 bits per heavy atom. The third-order valence-electron chi connectivity index (χ3n) is 6.89. The zero-order valence-electron chi connectivity index (χ0n) is 15.8. The number of aromatic nitrogens is 5. The van der Waals surface area contributed by atoms with Gasteiger partial charge in [-0.2, -0.15) is 5.10 Å². The van der Waals surface area contributed by atoms with Gasteiger partial charge >= 0.3 is 0 Å². The highest BCUT2D eigenvalue weighted by Gasteiger charge is 2.42. The quantitative estimate of drug-likeness (QED) is 0.709. The van der Waals surface area contributed by atoms with Gasteiger partial charge in [-0.25, -0.2) is 23.7 Å². The van der Waals surface area contributed by atoms with E-state index < -0.39 is 5.82 Å². The van der Waals surface area contributed by atoms with Crippen molar-refractivity contribution in [2.24, 2.45) is 23.7 Å². The first-order valence-corrected chi connectivity index (χ1v) is 10.2. The molecule has 1 unspecified atom stereocenters. The molecule has 3 aliphatic carbocycles. The molecule has 5 nitrogen and oxygen atoms in total. The molecule has 0 aliphatic heterocycles. The first-order chi connectivity index (χ1) is 13.6. The number of nitrogens with one attached hydrogen (secondary N) is 1. The van der Waals surface area contributed by atoms with E-state index in [0.29, 0.717) is 52.4 Å². The summed E-state index contributed by atoms with van der Waals surface area (Å²) < 4.78 is 28.2. The Kier molecular flexibility index (Phi) is 4.33. The summed E-state index contributed by atoms with van der Waals surface area (Å²) in [6, 6.07) is 1.35. The fraction of sp³-hybridized carbons (Fsp3) is 0.524. The fourth-order valence-corrected chi connectivity index (χ4v) is 5.59. The van der Waals surface area contributed by atoms with E-state index in [1.54, 1.807) is 0 Å². The van der Waals surface area contributed by atoms with Crippen LogP contribution >= 0.6 is 0 Å². The second kappa shape index (κ2) is 6.87. The maximum atomic E-state index is 14.6. The number of hydrogen-bond donors (Lipinski definition) is 1. The molecule has 2 atom stereocenters. The Morgan fingerprint density at radius 3 is 2.54 bits per heavy atom. The topological polar surface area (TPSA) is 67.3 Å². The highest BCUT2D eigenvalue weighted by Crippen LogP contribution is 2.51. The Hall–Kier alpha value is -2.44. The zero-order chi connectivity index (χ0) is 19.3. The Labute approximate surface area is 162 Å². The van der Waals surface area contributed by atoms with E-state index in [0.717, 1.165) is 18.5 Å². The average molecular weight is 383 g/mol. The van der Waals surface area contributed by atoms with Crippen molar-refractivity contribution in [2.75, 3.05) is 0 Å². The highest BCUT2D eigenvalue weighted by molar-refractivity contribution is 5.88. The second-order valence-corrected chi connectivity index (χ2v) is 8.23. The van der Waals surface area contributed by atoms with Crippen molar-refractivity contribution in [3.63, 3.8) is 0 Å². The molecule has 0 spiro atoms. The minimum Gasteiger partial charge on any atom is -0.272 e. The highest BCUT2D eigenvalue weighted by atomic mass is 19.1. The minimum absolute atomic E-state index is 0.334. The van der Waals surface area contributed by atoms with Crippen LogP contribution in [0.5, 0.6) is 0 Å². The summed E-state index contributed by atoms with van der Waals surface area (Å²) in [6.45, 7) is 2.25. The summed E-state index contributed by atoms with van der Waals surface area (Å²) in [4.78, 5) is 12.6. The molecule has 3 aromatic rings. The van der Waals surface area contributed by atoms with Gasteiger partial charge in [0.25, 0.3) is 0 Å². The number of pyridine rings is 1. The van der Waals surface area contributed by atoms with Crippen molar-refractivity contribution in [1.29, 1.82) is 0 Å². The van der Waals surface area contributed by atoms with Crippen LogP contribution in [0.1, 0.15) is 44.7 Å². The molecule has 3 heterocycles. The Bertz CT molecular complexity index is 1010. The number of H-pyrrole nitrogens is 1. The molecule has 0 saturated heterocycles. The lowest BCUT2D eigenvalue weighted by Gasteiger charge is -2.48. The number of fused-ring (bicyclic) bond motifs is 4. The Balaban J connectivity index is 1.50. The van der Waals surface area contributed by atoms with E-state index in [2.05, 4.69) is 32.1 Å². The molecule has 2 bridgehead atoms. The van der Waals surface area contributed by atoms with Gasteiger partial charge in [-0.1, -0.05) is 13.3 Å². The maximum absolute atomic E-state index is 14.6. The molecular weight excluding hydrogens is 360 g/mol. The Morgan fingerprint density at radius 1 is 1.04 bits per heavy atom. The van der Waals surface area contributed by atoms with Gasteiger partial charge < -0.3 is 0 Å². The van der Waals surface area contributed by atoms with Gasteiger partial charge in [0, 0.05) is 0 Å². The SMILES string of the molecule is CC[C@H]1C2CCC(CC2)C1Cc1nc(-c2[nH]nc3ncc(F)cc23)ncc1F. The summed E-state index contributed by atoms with van der Waals surface area (Å²) >= 11 is 0. The van der Waals surface area contributed by atoms with Crippen LogP contribution in [0, 0.1) is 35.3 Å². The third-order valence-corrected chi connectivity index (χ3v) is 6.89. The first kappa shape index (κ1) is 17.6. The molecule has 0 aromatic carbocycles. The average Bonchev–Trinajstić information content (AvgIpc) is 3.13. The van der Waals surface area contributed by atoms with E-state index in [-0.39, 0.29) is 5.82 Å². The largest absolute Gasteiger partial charge is 0.272 e. The van der Waals surface area contributed by atoms with E-state index in [9.17, 15) is 8.78 Å². The number of hydrogen-bond acceptors (Lipinski definition) is 4. The second-order valence-electron chi connectivity index (χ2n) is 8.23. The summed E-state index contributed by atoms with van der Waals surface area (Å²) in [7, 11) is 0. The van der Waals surface area contributed by atoms with Crippen LogP contribution in [0.4, 0.5) is 8.78 Å². The smallest absolute Gasteiger partial charge is 0.181 e. The van der Waals surface area contributed by atoms with Crippen molar-refractivity contribution in [1.82, 2.24) is 25.1 Å². The molecule has 6 rings (SSSR count). The van der Waals surface area contributed by atoms with E-state index in [1.807, 2.05) is 0 Å². The first-order valence-electron chi connectivity index (χ1n) is 10.2. The van der Waals surface area contributed by atoms with Gasteiger partial charge in [0.1, 0.15) is 11.5 Å². The van der Waals surface area contributed by atoms with Crippen molar-refractivity contribution in [3.8, 4) is 11.5 Å². The van der Waals surface area contributed by atoms with Crippen LogP contribution in [0.25, 0.3) is 22.6 Å². The van der Waals surface area contributed by atoms with Crippen LogP contribution in [0.15, 0.2) is 18.5 Å². The minimum atomic E-state index is -0.457. The molecule has 0 amide bonds. The fourth-order valence-electron chi connectivity index (χ4n) is 5.59. The standard InChI is InChI=1S/C21H23F2N5/c1-2-14-11-3-5-12(6-4-11)15(14)8-18-17(23)10-25-21(26-18)19-16-7-13(22)9-24-20(16)28-27-19/h7,9-12,14-15H,2-6,8H2,1H3,(H,24,27,28)/t11?,12?,14-,15?/m0/s1. The van der Waals surface area contributed by atoms with Gasteiger partial charge in [-0.15, -0.1) is 0 Å². The lowest BCUT2D eigenvalue weighted by Crippen LogP contribution is -2.41. The molecule has 28 heavy (non-hydrogen) atoms. The normalized spacial score (nSPS) is 26.8. The van der Waals surface area contributed by atoms with Crippen LogP contribution < -0.4 is 0 Å². The summed E-state index contributed by atoms with van der Waals surface area (Å²) in [6.07, 6.45) is 9.25. The molecule has 3 aromatic heterocycles. The van der Waals surface area contributed by atoms with Gasteiger partial charge in [0.2, 0.25) is 0 Å². The maximum Gasteiger partial charge on any atom is 0.181 e. The molecule has 146 valence electrons. The zero-order valence-corrected chi connectivity index (χ0v) is 15.8. The van der Waals surface area contributed by atoms with E-state index in [4.69, 9.17) is 0 Å². The van der Waals surface area contributed by atoms with E-state index >= 15 is 0 Å². The van der Waals surface area contributed by atoms with Crippen LogP contribution in [0.3, 0.4) is 0 Å². The van der Waals surface area contributed by atoms with Crippen molar-refractivity contribution < 1.29 is 8.78 Å².